The standard InChI is InChI=1S/2C17H18IN3O2/c2*1-17(2)22-13-6-10-4-3-5-12(11(10)7-14(13)23-17)21-16-8-15(18)19-9-20-16/h2*3-5,8-9,13-14H,6-7H2,1-2H3,(H,19,20,21)/t2*13-,14+/m10/s1. The molecule has 2 fully saturated rings. The molecule has 0 spiro atoms. The van der Waals surface area contributed by atoms with E-state index >= 15 is 0 Å². The van der Waals surface area contributed by atoms with E-state index in [1.54, 1.807) is 12.7 Å². The lowest BCUT2D eigenvalue weighted by Crippen LogP contribution is -2.32. The molecule has 0 bridgehead atoms. The second kappa shape index (κ2) is 12.8. The minimum atomic E-state index is -0.492. The molecule has 0 radical (unpaired) electrons. The maximum absolute atomic E-state index is 6.06. The molecule has 4 atom stereocenters. The van der Waals surface area contributed by atoms with E-state index in [1.165, 1.54) is 22.3 Å². The van der Waals surface area contributed by atoms with E-state index in [9.17, 15) is 0 Å². The van der Waals surface area contributed by atoms with E-state index in [2.05, 4.69) is 112 Å². The summed E-state index contributed by atoms with van der Waals surface area (Å²) in [6, 6.07) is 16.6. The van der Waals surface area contributed by atoms with E-state index in [4.69, 9.17) is 18.9 Å². The number of nitrogens with one attached hydrogen (secondary N) is 2. The van der Waals surface area contributed by atoms with Crippen molar-refractivity contribution >= 4 is 68.2 Å². The van der Waals surface area contributed by atoms with Gasteiger partial charge in [0.15, 0.2) is 11.6 Å². The fourth-order valence-electron chi connectivity index (χ4n) is 6.79. The van der Waals surface area contributed by atoms with Gasteiger partial charge in [-0.15, -0.1) is 0 Å². The maximum Gasteiger partial charge on any atom is 0.163 e. The molecule has 4 heterocycles. The average Bonchev–Trinajstić information content (AvgIpc) is 3.47. The van der Waals surface area contributed by atoms with Crippen LogP contribution in [0, 0.1) is 7.40 Å². The SMILES string of the molecule is CC1(C)O[C@H]2Cc3c(cccc3Nc3cc(I)ncn3)C[C@H]2O1.CC1(C)O[C@H]2Cc3cccc(Nc4cc(I)ncn4)c3C[C@H]2O1. The number of hydrogen-bond acceptors (Lipinski definition) is 10. The fourth-order valence-corrected chi connectivity index (χ4v) is 7.63. The minimum Gasteiger partial charge on any atom is -0.344 e. The van der Waals surface area contributed by atoms with Gasteiger partial charge >= 0.3 is 0 Å². The molecule has 8 rings (SSSR count). The molecular formula is C34H36I2N6O4. The van der Waals surface area contributed by atoms with Crippen LogP contribution in [-0.2, 0) is 44.6 Å². The van der Waals surface area contributed by atoms with Gasteiger partial charge in [-0.2, -0.15) is 0 Å². The van der Waals surface area contributed by atoms with Gasteiger partial charge in [0.1, 0.15) is 31.7 Å². The first-order valence-corrected chi connectivity index (χ1v) is 17.6. The Bertz CT molecular complexity index is 1630. The molecule has 0 unspecified atom stereocenters. The molecule has 0 saturated carbocycles. The number of rotatable bonds is 4. The smallest absolute Gasteiger partial charge is 0.163 e. The van der Waals surface area contributed by atoms with Crippen molar-refractivity contribution in [3.8, 4) is 0 Å². The van der Waals surface area contributed by atoms with Crippen molar-refractivity contribution in [2.24, 2.45) is 0 Å². The second-order valence-corrected chi connectivity index (χ2v) is 15.0. The Morgan fingerprint density at radius 1 is 0.587 bits per heavy atom. The van der Waals surface area contributed by atoms with Gasteiger partial charge in [-0.25, -0.2) is 19.9 Å². The molecule has 2 aliphatic heterocycles. The molecule has 240 valence electrons. The molecular weight excluding hydrogens is 810 g/mol. The number of ether oxygens (including phenoxy) is 4. The van der Waals surface area contributed by atoms with Crippen LogP contribution >= 0.6 is 45.2 Å². The highest BCUT2D eigenvalue weighted by atomic mass is 127. The summed E-state index contributed by atoms with van der Waals surface area (Å²) < 4.78 is 26.0. The Balaban J connectivity index is 0.000000147. The molecule has 12 heteroatoms. The highest BCUT2D eigenvalue weighted by Gasteiger charge is 2.45. The van der Waals surface area contributed by atoms with E-state index in [1.807, 2.05) is 39.8 Å². The summed E-state index contributed by atoms with van der Waals surface area (Å²) in [7, 11) is 0. The molecule has 46 heavy (non-hydrogen) atoms. The van der Waals surface area contributed by atoms with Crippen LogP contribution in [-0.4, -0.2) is 55.9 Å². The zero-order chi connectivity index (χ0) is 32.1. The van der Waals surface area contributed by atoms with Gasteiger partial charge in [0.25, 0.3) is 0 Å². The zero-order valence-electron chi connectivity index (χ0n) is 26.1. The maximum atomic E-state index is 6.06. The first-order chi connectivity index (χ1) is 22.0. The normalized spacial score (nSPS) is 24.8. The van der Waals surface area contributed by atoms with Crippen LogP contribution in [0.15, 0.2) is 61.2 Å². The molecule has 2 N–H and O–H groups in total. The highest BCUT2D eigenvalue weighted by molar-refractivity contribution is 14.1. The third kappa shape index (κ3) is 7.16. The second-order valence-electron chi connectivity index (χ2n) is 12.8. The van der Waals surface area contributed by atoms with Gasteiger partial charge < -0.3 is 29.6 Å². The van der Waals surface area contributed by atoms with Crippen LogP contribution in [0.3, 0.4) is 0 Å². The van der Waals surface area contributed by atoms with E-state index in [-0.39, 0.29) is 24.4 Å². The average molecular weight is 847 g/mol. The molecule has 4 aliphatic rings. The number of benzene rings is 2. The predicted molar refractivity (Wildman–Crippen MR) is 191 cm³/mol. The van der Waals surface area contributed by atoms with Gasteiger partial charge in [0, 0.05) is 49.2 Å². The van der Waals surface area contributed by atoms with Crippen molar-refractivity contribution in [2.75, 3.05) is 10.6 Å². The molecule has 2 saturated heterocycles. The Kier molecular flexibility index (Phi) is 8.95. The summed E-state index contributed by atoms with van der Waals surface area (Å²) in [5.74, 6) is 0.634. The number of nitrogens with zero attached hydrogens (tertiary/aromatic N) is 4. The summed E-state index contributed by atoms with van der Waals surface area (Å²) in [4.78, 5) is 16.8. The lowest BCUT2D eigenvalue weighted by atomic mass is 9.86. The Morgan fingerprint density at radius 2 is 0.978 bits per heavy atom. The van der Waals surface area contributed by atoms with Crippen molar-refractivity contribution in [3.05, 3.63) is 90.8 Å². The van der Waals surface area contributed by atoms with Gasteiger partial charge in [0.2, 0.25) is 0 Å². The van der Waals surface area contributed by atoms with Crippen LogP contribution in [0.5, 0.6) is 0 Å². The van der Waals surface area contributed by atoms with Crippen molar-refractivity contribution in [1.82, 2.24) is 19.9 Å². The monoisotopic (exact) mass is 846 g/mol. The number of halogens is 2. The number of anilines is 4. The van der Waals surface area contributed by atoms with Gasteiger partial charge in [-0.05, 0) is 107 Å². The van der Waals surface area contributed by atoms with Gasteiger partial charge in [-0.3, -0.25) is 0 Å². The molecule has 4 aromatic rings. The zero-order valence-corrected chi connectivity index (χ0v) is 30.4. The van der Waals surface area contributed by atoms with E-state index in [0.717, 1.165) is 56.1 Å². The summed E-state index contributed by atoms with van der Waals surface area (Å²) in [5.41, 5.74) is 7.41. The minimum absolute atomic E-state index is 0.117. The Morgan fingerprint density at radius 3 is 1.37 bits per heavy atom. The summed E-state index contributed by atoms with van der Waals surface area (Å²) >= 11 is 4.38. The molecule has 10 nitrogen and oxygen atoms in total. The lowest BCUT2D eigenvalue weighted by molar-refractivity contribution is -0.145. The number of fused-ring (bicyclic) bond motifs is 4. The number of hydrogen-bond donors (Lipinski definition) is 2. The van der Waals surface area contributed by atoms with Crippen molar-refractivity contribution in [1.29, 1.82) is 0 Å². The quantitative estimate of drug-likeness (QED) is 0.167. The largest absolute Gasteiger partial charge is 0.344 e. The summed E-state index contributed by atoms with van der Waals surface area (Å²) in [6.07, 6.45) is 7.17. The van der Waals surface area contributed by atoms with Crippen LogP contribution in [0.1, 0.15) is 49.9 Å². The van der Waals surface area contributed by atoms with Gasteiger partial charge in [0.05, 0.1) is 24.4 Å². The molecule has 2 aliphatic carbocycles. The van der Waals surface area contributed by atoms with Crippen LogP contribution in [0.4, 0.5) is 23.0 Å². The topological polar surface area (TPSA) is 113 Å². The van der Waals surface area contributed by atoms with Crippen LogP contribution < -0.4 is 10.6 Å². The van der Waals surface area contributed by atoms with Gasteiger partial charge in [-0.1, -0.05) is 24.3 Å². The Hall–Kier alpha value is -2.50. The van der Waals surface area contributed by atoms with Crippen molar-refractivity contribution < 1.29 is 18.9 Å². The van der Waals surface area contributed by atoms with Crippen molar-refractivity contribution in [2.45, 2.75) is 89.4 Å². The van der Waals surface area contributed by atoms with E-state index in [0.29, 0.717) is 0 Å². The summed E-state index contributed by atoms with van der Waals surface area (Å²) in [5, 5.41) is 6.84. The predicted octanol–water partition coefficient (Wildman–Crippen LogP) is 6.89. The van der Waals surface area contributed by atoms with E-state index < -0.39 is 11.6 Å². The molecule has 0 amide bonds. The Labute approximate surface area is 296 Å². The van der Waals surface area contributed by atoms with Crippen LogP contribution in [0.2, 0.25) is 0 Å². The third-order valence-corrected chi connectivity index (χ3v) is 9.74. The molecule has 2 aromatic carbocycles. The highest BCUT2D eigenvalue weighted by Crippen LogP contribution is 2.40. The lowest BCUT2D eigenvalue weighted by Gasteiger charge is -2.27. The first-order valence-electron chi connectivity index (χ1n) is 15.4. The first kappa shape index (κ1) is 32.1. The van der Waals surface area contributed by atoms with Crippen LogP contribution in [0.25, 0.3) is 0 Å². The third-order valence-electron chi connectivity index (χ3n) is 8.56. The van der Waals surface area contributed by atoms with Crippen molar-refractivity contribution in [3.63, 3.8) is 0 Å². The molecule has 2 aromatic heterocycles. The summed E-state index contributed by atoms with van der Waals surface area (Å²) in [6.45, 7) is 7.94. The number of aromatic nitrogens is 4. The fraction of sp³-hybridized carbons (Fsp3) is 0.412.